The van der Waals surface area contributed by atoms with Gasteiger partial charge in [-0.05, 0) is 67.3 Å². The van der Waals surface area contributed by atoms with Gasteiger partial charge in [0.1, 0.15) is 0 Å². The van der Waals surface area contributed by atoms with E-state index < -0.39 is 0 Å². The summed E-state index contributed by atoms with van der Waals surface area (Å²) < 4.78 is 4.23. The number of halogens is 4. The molecule has 0 saturated carbocycles. The van der Waals surface area contributed by atoms with Crippen LogP contribution in [0, 0.1) is 0 Å². The van der Waals surface area contributed by atoms with E-state index in [4.69, 9.17) is 0 Å². The molecule has 0 aliphatic rings. The lowest BCUT2D eigenvalue weighted by Gasteiger charge is -2.08. The quantitative estimate of drug-likeness (QED) is 0.424. The lowest BCUT2D eigenvalue weighted by atomic mass is 10.1. The molecular formula is C12H6Br4. The van der Waals surface area contributed by atoms with Crippen LogP contribution in [0.5, 0.6) is 0 Å². The zero-order valence-corrected chi connectivity index (χ0v) is 14.3. The zero-order valence-electron chi connectivity index (χ0n) is 7.98. The van der Waals surface area contributed by atoms with Gasteiger partial charge in [0.15, 0.2) is 0 Å². The third-order valence-corrected chi connectivity index (χ3v) is 5.09. The number of hydrogen-bond acceptors (Lipinski definition) is 0. The van der Waals surface area contributed by atoms with E-state index >= 15 is 0 Å². The van der Waals surface area contributed by atoms with Crippen molar-refractivity contribution in [3.05, 3.63) is 54.3 Å². The highest BCUT2D eigenvalue weighted by Crippen LogP contribution is 2.37. The predicted molar refractivity (Wildman–Crippen MR) is 82.7 cm³/mol. The van der Waals surface area contributed by atoms with E-state index in [-0.39, 0.29) is 0 Å². The van der Waals surface area contributed by atoms with Crippen molar-refractivity contribution in [2.45, 2.75) is 0 Å². The second kappa shape index (κ2) is 5.34. The number of benzene rings is 2. The molecule has 82 valence electrons. The lowest BCUT2D eigenvalue weighted by Crippen LogP contribution is -1.82. The van der Waals surface area contributed by atoms with Gasteiger partial charge in [0.25, 0.3) is 0 Å². The molecular weight excluding hydrogens is 464 g/mol. The molecule has 0 aromatic heterocycles. The molecule has 0 aliphatic carbocycles. The fourth-order valence-electron chi connectivity index (χ4n) is 1.42. The monoisotopic (exact) mass is 466 g/mol. The summed E-state index contributed by atoms with van der Waals surface area (Å²) in [6.07, 6.45) is 0. The molecule has 0 spiro atoms. The van der Waals surface area contributed by atoms with Crippen molar-refractivity contribution in [3.63, 3.8) is 0 Å². The number of rotatable bonds is 1. The highest BCUT2D eigenvalue weighted by atomic mass is 79.9. The van der Waals surface area contributed by atoms with Crippen LogP contribution in [-0.2, 0) is 0 Å². The van der Waals surface area contributed by atoms with Crippen LogP contribution in [0.2, 0.25) is 0 Å². The van der Waals surface area contributed by atoms with Gasteiger partial charge in [-0.15, -0.1) is 0 Å². The molecule has 0 bridgehead atoms. The summed E-state index contributed by atoms with van der Waals surface area (Å²) in [5.74, 6) is 0. The van der Waals surface area contributed by atoms with Gasteiger partial charge in [-0.3, -0.25) is 0 Å². The van der Waals surface area contributed by atoms with Crippen LogP contribution >= 0.6 is 63.7 Å². The summed E-state index contributed by atoms with van der Waals surface area (Å²) in [5.41, 5.74) is 2.32. The van der Waals surface area contributed by atoms with Crippen LogP contribution in [0.25, 0.3) is 11.1 Å². The molecule has 0 nitrogen and oxygen atoms in total. The van der Waals surface area contributed by atoms with Crippen molar-refractivity contribution in [2.75, 3.05) is 0 Å². The van der Waals surface area contributed by atoms with Gasteiger partial charge in [-0.1, -0.05) is 44.0 Å². The Labute approximate surface area is 128 Å². The molecule has 0 aliphatic heterocycles. The van der Waals surface area contributed by atoms with Crippen molar-refractivity contribution >= 4 is 63.7 Å². The van der Waals surface area contributed by atoms with E-state index in [0.717, 1.165) is 23.5 Å². The van der Waals surface area contributed by atoms with Crippen molar-refractivity contribution in [1.82, 2.24) is 0 Å². The maximum Gasteiger partial charge on any atom is 0.0396 e. The first-order valence-corrected chi connectivity index (χ1v) is 7.65. The van der Waals surface area contributed by atoms with Crippen LogP contribution in [0.15, 0.2) is 54.3 Å². The second-order valence-electron chi connectivity index (χ2n) is 3.26. The molecule has 2 aromatic carbocycles. The van der Waals surface area contributed by atoms with Crippen LogP contribution in [-0.4, -0.2) is 0 Å². The Hall–Kier alpha value is 0.360. The molecule has 0 N–H and O–H groups in total. The molecule has 0 unspecified atom stereocenters. The Morgan fingerprint density at radius 3 is 2.19 bits per heavy atom. The predicted octanol–water partition coefficient (Wildman–Crippen LogP) is 6.40. The summed E-state index contributed by atoms with van der Waals surface area (Å²) in [7, 11) is 0. The first kappa shape index (κ1) is 12.8. The molecule has 0 atom stereocenters. The second-order valence-corrected chi connectivity index (χ2v) is 6.74. The van der Waals surface area contributed by atoms with E-state index in [9.17, 15) is 0 Å². The van der Waals surface area contributed by atoms with Gasteiger partial charge in [0.05, 0.1) is 0 Å². The van der Waals surface area contributed by atoms with E-state index in [1.807, 2.05) is 18.2 Å². The smallest absolute Gasteiger partial charge is 0.0396 e. The summed E-state index contributed by atoms with van der Waals surface area (Å²) >= 11 is 14.1. The third-order valence-electron chi connectivity index (χ3n) is 2.13. The topological polar surface area (TPSA) is 0 Å². The van der Waals surface area contributed by atoms with E-state index in [0.29, 0.717) is 0 Å². The third kappa shape index (κ3) is 2.78. The van der Waals surface area contributed by atoms with Crippen LogP contribution < -0.4 is 0 Å². The Balaban J connectivity index is 2.64. The van der Waals surface area contributed by atoms with Crippen LogP contribution in [0.1, 0.15) is 0 Å². The summed E-state index contributed by atoms with van der Waals surface area (Å²) in [6.45, 7) is 0. The molecule has 2 aromatic rings. The van der Waals surface area contributed by atoms with E-state index in [1.165, 1.54) is 5.56 Å². The van der Waals surface area contributed by atoms with Crippen LogP contribution in [0.3, 0.4) is 0 Å². The van der Waals surface area contributed by atoms with Gasteiger partial charge < -0.3 is 0 Å². The van der Waals surface area contributed by atoms with Gasteiger partial charge in [-0.2, -0.15) is 0 Å². The minimum absolute atomic E-state index is 1.04. The number of hydrogen-bond donors (Lipinski definition) is 0. The Kier molecular flexibility index (Phi) is 4.27. The first-order chi connectivity index (χ1) is 7.58. The van der Waals surface area contributed by atoms with E-state index in [1.54, 1.807) is 0 Å². The molecule has 4 heteroatoms. The average molecular weight is 470 g/mol. The highest BCUT2D eigenvalue weighted by Gasteiger charge is 2.08. The summed E-state index contributed by atoms with van der Waals surface area (Å²) in [6, 6.07) is 12.3. The Bertz CT molecular complexity index is 535. The summed E-state index contributed by atoms with van der Waals surface area (Å²) in [4.78, 5) is 0. The van der Waals surface area contributed by atoms with Gasteiger partial charge in [0, 0.05) is 17.9 Å². The minimum Gasteiger partial charge on any atom is -0.0605 e. The average Bonchev–Trinajstić information content (AvgIpc) is 2.23. The Morgan fingerprint density at radius 1 is 0.750 bits per heavy atom. The van der Waals surface area contributed by atoms with Gasteiger partial charge in [0.2, 0.25) is 0 Å². The fraction of sp³-hybridized carbons (Fsp3) is 0. The fourth-order valence-corrected chi connectivity index (χ4v) is 3.50. The maximum atomic E-state index is 3.59. The molecule has 0 fully saturated rings. The molecule has 0 radical (unpaired) electrons. The standard InChI is InChI=1S/C12H6Br4/c13-8-3-1-2-7(4-8)10-5-9(14)6-11(15)12(10)16/h1-6H. The molecule has 16 heavy (non-hydrogen) atoms. The molecule has 2 rings (SSSR count). The molecule has 0 amide bonds. The van der Waals surface area contributed by atoms with E-state index in [2.05, 4.69) is 81.9 Å². The normalized spacial score (nSPS) is 10.5. The largest absolute Gasteiger partial charge is 0.0605 e. The van der Waals surface area contributed by atoms with Gasteiger partial charge in [-0.25, -0.2) is 0 Å². The van der Waals surface area contributed by atoms with Crippen molar-refractivity contribution in [3.8, 4) is 11.1 Å². The van der Waals surface area contributed by atoms with Crippen LogP contribution in [0.4, 0.5) is 0 Å². The van der Waals surface area contributed by atoms with Crippen molar-refractivity contribution < 1.29 is 0 Å². The van der Waals surface area contributed by atoms with Gasteiger partial charge >= 0.3 is 0 Å². The molecule has 0 heterocycles. The minimum atomic E-state index is 1.04. The lowest BCUT2D eigenvalue weighted by molar-refractivity contribution is 1.51. The summed E-state index contributed by atoms with van der Waals surface area (Å²) in [5, 5.41) is 0. The Morgan fingerprint density at radius 2 is 1.50 bits per heavy atom. The maximum absolute atomic E-state index is 3.59. The zero-order chi connectivity index (χ0) is 11.7. The first-order valence-electron chi connectivity index (χ1n) is 4.48. The molecule has 0 saturated heterocycles. The highest BCUT2D eigenvalue weighted by molar-refractivity contribution is 9.13. The van der Waals surface area contributed by atoms with Crippen molar-refractivity contribution in [1.29, 1.82) is 0 Å². The van der Waals surface area contributed by atoms with Crippen molar-refractivity contribution in [2.24, 2.45) is 0 Å². The SMILES string of the molecule is Brc1cccc(-c2cc(Br)cc(Br)c2Br)c1.